The van der Waals surface area contributed by atoms with Crippen LogP contribution >= 0.6 is 22.9 Å². The fraction of sp³-hybridized carbons (Fsp3) is 0.562. The summed E-state index contributed by atoms with van der Waals surface area (Å²) in [6.07, 6.45) is -2.78. The van der Waals surface area contributed by atoms with Crippen LogP contribution in [0.1, 0.15) is 22.0 Å². The van der Waals surface area contributed by atoms with Crippen LogP contribution in [0.25, 0.3) is 0 Å². The highest BCUT2D eigenvalue weighted by Gasteiger charge is 2.35. The van der Waals surface area contributed by atoms with Gasteiger partial charge >= 0.3 is 6.18 Å². The maximum Gasteiger partial charge on any atom is 0.451 e. The van der Waals surface area contributed by atoms with E-state index in [4.69, 9.17) is 16.3 Å². The van der Waals surface area contributed by atoms with Gasteiger partial charge in [-0.15, -0.1) is 0 Å². The van der Waals surface area contributed by atoms with E-state index >= 15 is 0 Å². The first-order valence-electron chi connectivity index (χ1n) is 8.52. The largest absolute Gasteiger partial charge is 0.451 e. The molecule has 1 fully saturated rings. The van der Waals surface area contributed by atoms with Crippen molar-refractivity contribution in [2.75, 3.05) is 37.7 Å². The lowest BCUT2D eigenvalue weighted by atomic mass is 10.1. The highest BCUT2D eigenvalue weighted by Crippen LogP contribution is 2.33. The van der Waals surface area contributed by atoms with Gasteiger partial charge in [-0.05, 0) is 0 Å². The monoisotopic (exact) mass is 419 g/mol. The summed E-state index contributed by atoms with van der Waals surface area (Å²) in [6.45, 7) is 4.64. The van der Waals surface area contributed by atoms with Crippen LogP contribution in [0.15, 0.2) is 6.20 Å². The van der Waals surface area contributed by atoms with Crippen molar-refractivity contribution >= 4 is 28.1 Å². The molecule has 4 rings (SSSR count). The molecule has 0 aliphatic carbocycles. The first-order valence-corrected chi connectivity index (χ1v) is 9.72. The van der Waals surface area contributed by atoms with Gasteiger partial charge in [-0.2, -0.15) is 13.2 Å². The molecular weight excluding hydrogens is 403 g/mol. The van der Waals surface area contributed by atoms with Gasteiger partial charge in [-0.25, -0.2) is 15.0 Å². The van der Waals surface area contributed by atoms with Crippen molar-refractivity contribution in [2.45, 2.75) is 25.7 Å². The first kappa shape index (κ1) is 18.9. The number of rotatable bonds is 3. The number of thiazole rings is 1. The zero-order valence-electron chi connectivity index (χ0n) is 14.3. The number of halogens is 4. The van der Waals surface area contributed by atoms with Gasteiger partial charge in [0.25, 0.3) is 0 Å². The summed E-state index contributed by atoms with van der Waals surface area (Å²) < 4.78 is 43.6. The summed E-state index contributed by atoms with van der Waals surface area (Å²) in [5.74, 6) is -1.07. The molecule has 0 atom stereocenters. The van der Waals surface area contributed by atoms with Gasteiger partial charge in [-0.3, -0.25) is 4.90 Å². The van der Waals surface area contributed by atoms with Crippen molar-refractivity contribution in [3.05, 3.63) is 33.3 Å². The van der Waals surface area contributed by atoms with Crippen LogP contribution in [0.4, 0.5) is 18.3 Å². The van der Waals surface area contributed by atoms with Crippen LogP contribution < -0.4 is 4.90 Å². The Balaban J connectivity index is 1.45. The fourth-order valence-corrected chi connectivity index (χ4v) is 4.51. The van der Waals surface area contributed by atoms with Crippen LogP contribution in [0.5, 0.6) is 0 Å². The van der Waals surface area contributed by atoms with Crippen molar-refractivity contribution in [3.63, 3.8) is 0 Å². The van der Waals surface area contributed by atoms with Gasteiger partial charge in [0.15, 0.2) is 5.13 Å². The minimum Gasteiger partial charge on any atom is -0.378 e. The van der Waals surface area contributed by atoms with Crippen molar-refractivity contribution in [1.82, 2.24) is 19.9 Å². The minimum atomic E-state index is -4.52. The number of hydrogen-bond donors (Lipinski definition) is 0. The third-order valence-corrected chi connectivity index (χ3v) is 6.08. The molecule has 2 aromatic rings. The van der Waals surface area contributed by atoms with Crippen LogP contribution in [-0.2, 0) is 30.4 Å². The van der Waals surface area contributed by atoms with Gasteiger partial charge in [0, 0.05) is 50.9 Å². The Bertz CT molecular complexity index is 825. The highest BCUT2D eigenvalue weighted by molar-refractivity contribution is 7.16. The SMILES string of the molecule is FC(F)(F)c1ncc2c(n1)CCN(Cc1sc(N3CCOCC3)nc1Cl)C2. The Morgan fingerprint density at radius 3 is 2.70 bits per heavy atom. The number of ether oxygens (including phenoxy) is 1. The number of aromatic nitrogens is 3. The topological polar surface area (TPSA) is 54.4 Å². The predicted octanol–water partition coefficient (Wildman–Crippen LogP) is 3.00. The van der Waals surface area contributed by atoms with E-state index in [1.54, 1.807) is 11.3 Å². The lowest BCUT2D eigenvalue weighted by molar-refractivity contribution is -0.145. The molecule has 11 heteroatoms. The predicted molar refractivity (Wildman–Crippen MR) is 95.0 cm³/mol. The Morgan fingerprint density at radius 2 is 1.96 bits per heavy atom. The molecule has 1 saturated heterocycles. The van der Waals surface area contributed by atoms with Gasteiger partial charge in [0.2, 0.25) is 5.82 Å². The standard InChI is InChI=1S/C16H17ClF3N5OS/c17-13-12(27-15(23-13)25-3-5-26-6-4-25)9-24-2-1-11-10(8-24)7-21-14(22-11)16(18,19)20/h7H,1-6,8-9H2. The van der Waals surface area contributed by atoms with E-state index in [0.29, 0.717) is 50.1 Å². The van der Waals surface area contributed by atoms with Gasteiger partial charge in [0.1, 0.15) is 5.15 Å². The quantitative estimate of drug-likeness (QED) is 0.762. The van der Waals surface area contributed by atoms with E-state index in [-0.39, 0.29) is 0 Å². The maximum absolute atomic E-state index is 12.8. The summed E-state index contributed by atoms with van der Waals surface area (Å²) in [5, 5.41) is 1.37. The lowest BCUT2D eigenvalue weighted by Gasteiger charge is -2.28. The van der Waals surface area contributed by atoms with E-state index in [1.165, 1.54) is 6.20 Å². The second kappa shape index (κ2) is 7.50. The molecular formula is C16H17ClF3N5OS. The molecule has 27 heavy (non-hydrogen) atoms. The second-order valence-corrected chi connectivity index (χ2v) is 7.85. The molecule has 0 bridgehead atoms. The molecule has 4 heterocycles. The molecule has 0 aromatic carbocycles. The average Bonchev–Trinajstić information content (AvgIpc) is 3.02. The smallest absolute Gasteiger partial charge is 0.378 e. The van der Waals surface area contributed by atoms with Gasteiger partial charge < -0.3 is 9.64 Å². The number of nitrogens with zero attached hydrogens (tertiary/aromatic N) is 5. The Morgan fingerprint density at radius 1 is 1.19 bits per heavy atom. The summed E-state index contributed by atoms with van der Waals surface area (Å²) in [5.41, 5.74) is 1.20. The number of hydrogen-bond acceptors (Lipinski definition) is 7. The molecule has 2 aliphatic rings. The van der Waals surface area contributed by atoms with E-state index < -0.39 is 12.0 Å². The second-order valence-electron chi connectivity index (χ2n) is 6.43. The van der Waals surface area contributed by atoms with Crippen molar-refractivity contribution < 1.29 is 17.9 Å². The van der Waals surface area contributed by atoms with Gasteiger partial charge in [0.05, 0.1) is 23.8 Å². The molecule has 2 aliphatic heterocycles. The minimum absolute atomic E-state index is 0.452. The molecule has 6 nitrogen and oxygen atoms in total. The van der Waals surface area contributed by atoms with Crippen LogP contribution in [0, 0.1) is 0 Å². The third-order valence-electron chi connectivity index (χ3n) is 4.55. The molecule has 146 valence electrons. The van der Waals surface area contributed by atoms with E-state index in [9.17, 15) is 13.2 Å². The molecule has 0 spiro atoms. The molecule has 0 radical (unpaired) electrons. The van der Waals surface area contributed by atoms with Crippen molar-refractivity contribution in [1.29, 1.82) is 0 Å². The van der Waals surface area contributed by atoms with E-state index in [0.717, 1.165) is 28.7 Å². The van der Waals surface area contributed by atoms with Gasteiger partial charge in [-0.1, -0.05) is 22.9 Å². The highest BCUT2D eigenvalue weighted by atomic mass is 35.5. The number of morpholine rings is 1. The number of alkyl halides is 3. The molecule has 2 aromatic heterocycles. The summed E-state index contributed by atoms with van der Waals surface area (Å²) in [7, 11) is 0. The molecule has 0 unspecified atom stereocenters. The lowest BCUT2D eigenvalue weighted by Crippen LogP contribution is -2.36. The molecule has 0 amide bonds. The summed E-state index contributed by atoms with van der Waals surface area (Å²) in [4.78, 5) is 16.9. The number of anilines is 1. The molecule has 0 N–H and O–H groups in total. The van der Waals surface area contributed by atoms with Crippen molar-refractivity contribution in [2.24, 2.45) is 0 Å². The van der Waals surface area contributed by atoms with Crippen molar-refractivity contribution in [3.8, 4) is 0 Å². The summed E-state index contributed by atoms with van der Waals surface area (Å²) in [6, 6.07) is 0. The van der Waals surface area contributed by atoms with E-state index in [1.807, 2.05) is 0 Å². The van der Waals surface area contributed by atoms with Crippen LogP contribution in [0.3, 0.4) is 0 Å². The normalized spacial score (nSPS) is 18.6. The maximum atomic E-state index is 12.8. The summed E-state index contributed by atoms with van der Waals surface area (Å²) >= 11 is 7.87. The molecule has 0 saturated carbocycles. The zero-order chi connectivity index (χ0) is 19.0. The average molecular weight is 420 g/mol. The van der Waals surface area contributed by atoms with E-state index in [2.05, 4.69) is 24.8 Å². The Labute approximate surface area is 162 Å². The third kappa shape index (κ3) is 4.18. The fourth-order valence-electron chi connectivity index (χ4n) is 3.16. The first-order chi connectivity index (χ1) is 12.9. The zero-order valence-corrected chi connectivity index (χ0v) is 15.9. The Hall–Kier alpha value is -1.49. The van der Waals surface area contributed by atoms with Crippen LogP contribution in [-0.4, -0.2) is 52.7 Å². The Kier molecular flexibility index (Phi) is 5.23. The number of fused-ring (bicyclic) bond motifs is 1. The van der Waals surface area contributed by atoms with Crippen LogP contribution in [0.2, 0.25) is 5.15 Å².